The highest BCUT2D eigenvalue weighted by atomic mass is 32.1. The molecule has 1 aliphatic rings. The highest BCUT2D eigenvalue weighted by molar-refractivity contribution is 7.14. The predicted octanol–water partition coefficient (Wildman–Crippen LogP) is 5.49. The molecule has 2 aromatic carbocycles. The standard InChI is InChI=1S/C23H19FN4OS2/c24-18-11-5-4-10-17(18)22-27-26-21(31-22)16-9-6-12-28(13-16)23(29)19-14-30-20(25-19)15-7-2-1-3-8-15/h1-5,7-8,10-11,14,16H,6,9,12-13H2. The van der Waals surface area contributed by atoms with E-state index in [4.69, 9.17) is 0 Å². The molecule has 0 bridgehead atoms. The van der Waals surface area contributed by atoms with E-state index in [-0.39, 0.29) is 17.6 Å². The number of rotatable bonds is 4. The third-order valence-electron chi connectivity index (χ3n) is 5.35. The highest BCUT2D eigenvalue weighted by Crippen LogP contribution is 2.34. The molecule has 1 atom stereocenters. The minimum atomic E-state index is -0.302. The Morgan fingerprint density at radius 1 is 1.03 bits per heavy atom. The maximum atomic E-state index is 14.1. The van der Waals surface area contributed by atoms with Crippen LogP contribution in [0.3, 0.4) is 0 Å². The van der Waals surface area contributed by atoms with Crippen molar-refractivity contribution >= 4 is 28.6 Å². The number of hydrogen-bond donors (Lipinski definition) is 0. The summed E-state index contributed by atoms with van der Waals surface area (Å²) in [6.07, 6.45) is 1.82. The van der Waals surface area contributed by atoms with Crippen LogP contribution in [-0.2, 0) is 0 Å². The van der Waals surface area contributed by atoms with Crippen LogP contribution in [0.25, 0.3) is 21.1 Å². The zero-order valence-electron chi connectivity index (χ0n) is 16.6. The Labute approximate surface area is 187 Å². The van der Waals surface area contributed by atoms with Crippen LogP contribution in [0.1, 0.15) is 34.3 Å². The normalized spacial score (nSPS) is 16.4. The van der Waals surface area contributed by atoms with Crippen molar-refractivity contribution in [1.82, 2.24) is 20.1 Å². The first kappa shape index (κ1) is 20.0. The summed E-state index contributed by atoms with van der Waals surface area (Å²) in [4.78, 5) is 19.5. The number of likely N-dealkylation sites (tertiary alicyclic amines) is 1. The van der Waals surface area contributed by atoms with E-state index in [1.165, 1.54) is 28.7 Å². The third-order valence-corrected chi connectivity index (χ3v) is 7.36. The SMILES string of the molecule is O=C(c1csc(-c2ccccc2)n1)N1CCCC(c2nnc(-c3ccccc3F)s2)C1. The summed E-state index contributed by atoms with van der Waals surface area (Å²) in [6, 6.07) is 16.5. The molecule has 5 rings (SSSR count). The van der Waals surface area contributed by atoms with Crippen LogP contribution in [-0.4, -0.2) is 39.1 Å². The first-order valence-corrected chi connectivity index (χ1v) is 11.8. The highest BCUT2D eigenvalue weighted by Gasteiger charge is 2.29. The molecule has 1 aliphatic heterocycles. The molecule has 5 nitrogen and oxygen atoms in total. The van der Waals surface area contributed by atoms with E-state index in [0.717, 1.165) is 28.4 Å². The zero-order valence-corrected chi connectivity index (χ0v) is 18.2. The van der Waals surface area contributed by atoms with Gasteiger partial charge in [-0.1, -0.05) is 53.8 Å². The molecule has 0 radical (unpaired) electrons. The second-order valence-corrected chi connectivity index (χ2v) is 9.29. The molecule has 31 heavy (non-hydrogen) atoms. The largest absolute Gasteiger partial charge is 0.337 e. The lowest BCUT2D eigenvalue weighted by atomic mass is 9.98. The lowest BCUT2D eigenvalue weighted by Crippen LogP contribution is -2.39. The van der Waals surface area contributed by atoms with Crippen molar-refractivity contribution in [3.8, 4) is 21.1 Å². The monoisotopic (exact) mass is 450 g/mol. The van der Waals surface area contributed by atoms with E-state index >= 15 is 0 Å². The van der Waals surface area contributed by atoms with E-state index in [1.807, 2.05) is 40.6 Å². The molecule has 1 unspecified atom stereocenters. The fourth-order valence-electron chi connectivity index (χ4n) is 3.75. The molecule has 0 N–H and O–H groups in total. The molecular formula is C23H19FN4OS2. The van der Waals surface area contributed by atoms with Gasteiger partial charge in [-0.2, -0.15) is 0 Å². The second-order valence-electron chi connectivity index (χ2n) is 7.42. The molecule has 156 valence electrons. The summed E-state index contributed by atoms with van der Waals surface area (Å²) in [6.45, 7) is 1.27. The third kappa shape index (κ3) is 4.13. The topological polar surface area (TPSA) is 59.0 Å². The van der Waals surface area contributed by atoms with Crippen LogP contribution in [0.5, 0.6) is 0 Å². The number of piperidine rings is 1. The summed E-state index contributed by atoms with van der Waals surface area (Å²) >= 11 is 2.88. The second kappa shape index (κ2) is 8.64. The number of carbonyl (C=O) groups excluding carboxylic acids is 1. The van der Waals surface area contributed by atoms with Gasteiger partial charge in [-0.15, -0.1) is 21.5 Å². The number of halogens is 1. The minimum absolute atomic E-state index is 0.0537. The summed E-state index contributed by atoms with van der Waals surface area (Å²) in [5.74, 6) is -0.256. The molecule has 1 amide bonds. The molecule has 4 aromatic rings. The van der Waals surface area contributed by atoms with Crippen molar-refractivity contribution in [2.75, 3.05) is 13.1 Å². The van der Waals surface area contributed by atoms with Gasteiger partial charge in [-0.3, -0.25) is 4.79 Å². The van der Waals surface area contributed by atoms with Crippen LogP contribution in [0.4, 0.5) is 4.39 Å². The molecule has 0 saturated carbocycles. The zero-order chi connectivity index (χ0) is 21.2. The lowest BCUT2D eigenvalue weighted by Gasteiger charge is -2.31. The molecule has 1 fully saturated rings. The minimum Gasteiger partial charge on any atom is -0.337 e. The predicted molar refractivity (Wildman–Crippen MR) is 121 cm³/mol. The Morgan fingerprint density at radius 2 is 1.84 bits per heavy atom. The van der Waals surface area contributed by atoms with Crippen LogP contribution in [0.15, 0.2) is 60.0 Å². The van der Waals surface area contributed by atoms with Crippen LogP contribution >= 0.6 is 22.7 Å². The van der Waals surface area contributed by atoms with E-state index in [9.17, 15) is 9.18 Å². The molecule has 2 aromatic heterocycles. The van der Waals surface area contributed by atoms with Gasteiger partial charge in [-0.05, 0) is 25.0 Å². The van der Waals surface area contributed by atoms with E-state index in [0.29, 0.717) is 29.4 Å². The molecule has 0 spiro atoms. The fourth-order valence-corrected chi connectivity index (χ4v) is 5.55. The number of amides is 1. The van der Waals surface area contributed by atoms with Gasteiger partial charge in [-0.25, -0.2) is 9.37 Å². The van der Waals surface area contributed by atoms with Gasteiger partial charge in [0.2, 0.25) is 0 Å². The van der Waals surface area contributed by atoms with Gasteiger partial charge in [0.1, 0.15) is 21.5 Å². The number of nitrogens with zero attached hydrogens (tertiary/aromatic N) is 4. The molecular weight excluding hydrogens is 431 g/mol. The number of benzene rings is 2. The van der Waals surface area contributed by atoms with E-state index < -0.39 is 0 Å². The number of carbonyl (C=O) groups is 1. The van der Waals surface area contributed by atoms with Crippen LogP contribution in [0.2, 0.25) is 0 Å². The fraction of sp³-hybridized carbons (Fsp3) is 0.217. The average Bonchev–Trinajstić information content (AvgIpc) is 3.50. The summed E-state index contributed by atoms with van der Waals surface area (Å²) in [5, 5.41) is 12.6. The summed E-state index contributed by atoms with van der Waals surface area (Å²) < 4.78 is 14.1. The Balaban J connectivity index is 1.31. The molecule has 0 aliphatic carbocycles. The van der Waals surface area contributed by atoms with Crippen molar-refractivity contribution in [2.24, 2.45) is 0 Å². The number of thiazole rings is 1. The number of hydrogen-bond acceptors (Lipinski definition) is 6. The van der Waals surface area contributed by atoms with Crippen LogP contribution in [0, 0.1) is 5.82 Å². The Morgan fingerprint density at radius 3 is 2.68 bits per heavy atom. The molecule has 8 heteroatoms. The van der Waals surface area contributed by atoms with Gasteiger partial charge in [0.25, 0.3) is 5.91 Å². The molecule has 1 saturated heterocycles. The van der Waals surface area contributed by atoms with Crippen LogP contribution < -0.4 is 0 Å². The maximum absolute atomic E-state index is 14.1. The van der Waals surface area contributed by atoms with Crippen molar-refractivity contribution in [1.29, 1.82) is 0 Å². The van der Waals surface area contributed by atoms with Gasteiger partial charge >= 0.3 is 0 Å². The maximum Gasteiger partial charge on any atom is 0.273 e. The Bertz CT molecular complexity index is 1210. The Kier molecular flexibility index (Phi) is 5.57. The summed E-state index contributed by atoms with van der Waals surface area (Å²) in [5.41, 5.74) is 1.96. The van der Waals surface area contributed by atoms with Crippen molar-refractivity contribution < 1.29 is 9.18 Å². The first-order valence-electron chi connectivity index (χ1n) is 10.1. The first-order chi connectivity index (χ1) is 15.2. The van der Waals surface area contributed by atoms with Gasteiger partial charge in [0, 0.05) is 35.5 Å². The van der Waals surface area contributed by atoms with Crippen molar-refractivity contribution in [3.05, 3.63) is 76.5 Å². The van der Waals surface area contributed by atoms with E-state index in [2.05, 4.69) is 15.2 Å². The summed E-state index contributed by atoms with van der Waals surface area (Å²) in [7, 11) is 0. The molecule has 3 heterocycles. The number of aromatic nitrogens is 3. The smallest absolute Gasteiger partial charge is 0.273 e. The average molecular weight is 451 g/mol. The van der Waals surface area contributed by atoms with Gasteiger partial charge < -0.3 is 4.90 Å². The van der Waals surface area contributed by atoms with Crippen molar-refractivity contribution in [2.45, 2.75) is 18.8 Å². The lowest BCUT2D eigenvalue weighted by molar-refractivity contribution is 0.0702. The Hall–Kier alpha value is -2.97. The van der Waals surface area contributed by atoms with Crippen molar-refractivity contribution in [3.63, 3.8) is 0 Å². The quantitative estimate of drug-likeness (QED) is 0.413. The van der Waals surface area contributed by atoms with E-state index in [1.54, 1.807) is 18.2 Å². The van der Waals surface area contributed by atoms with Gasteiger partial charge in [0.05, 0.1) is 0 Å². The van der Waals surface area contributed by atoms with Gasteiger partial charge in [0.15, 0.2) is 5.01 Å².